The van der Waals surface area contributed by atoms with Gasteiger partial charge in [-0.25, -0.2) is 0 Å². The minimum Gasteiger partial charge on any atom is -0.508 e. The molecule has 11 nitrogen and oxygen atoms in total. The van der Waals surface area contributed by atoms with Crippen molar-refractivity contribution in [3.05, 3.63) is 80.7 Å². The van der Waals surface area contributed by atoms with Gasteiger partial charge in [0, 0.05) is 18.2 Å². The highest BCUT2D eigenvalue weighted by molar-refractivity contribution is 6.06. The molecule has 170 valence electrons. The van der Waals surface area contributed by atoms with E-state index >= 15 is 0 Å². The summed E-state index contributed by atoms with van der Waals surface area (Å²) in [5.41, 5.74) is -0.0905. The molecule has 0 bridgehead atoms. The summed E-state index contributed by atoms with van der Waals surface area (Å²) >= 11 is 0. The largest absolute Gasteiger partial charge is 0.508 e. The maximum Gasteiger partial charge on any atom is 0.271 e. The lowest BCUT2D eigenvalue weighted by Crippen LogP contribution is -2.32. The molecule has 0 saturated carbocycles. The monoisotopic (exact) mass is 461 g/mol. The molecule has 1 aliphatic rings. The van der Waals surface area contributed by atoms with Gasteiger partial charge < -0.3 is 30.4 Å². The van der Waals surface area contributed by atoms with E-state index in [0.29, 0.717) is 11.3 Å². The molecule has 5 N–H and O–H groups in total. The van der Waals surface area contributed by atoms with Crippen LogP contribution < -0.4 is 16.1 Å². The number of phenolic OH excluding ortho intramolecular Hbond substituents is 3. The molecule has 4 aromatic rings. The molecular formula is C23H15N3O8. The van der Waals surface area contributed by atoms with Crippen molar-refractivity contribution < 1.29 is 29.5 Å². The van der Waals surface area contributed by atoms with Crippen molar-refractivity contribution >= 4 is 33.9 Å². The molecule has 1 aliphatic heterocycles. The number of anilines is 2. The third-order valence-electron chi connectivity index (χ3n) is 5.54. The minimum atomic E-state index is -1.24. The van der Waals surface area contributed by atoms with Crippen molar-refractivity contribution in [3.8, 4) is 28.4 Å². The number of hydrogen-bond donors (Lipinski definition) is 5. The lowest BCUT2D eigenvalue weighted by Gasteiger charge is -2.27. The summed E-state index contributed by atoms with van der Waals surface area (Å²) in [5, 5.41) is 46.7. The molecule has 0 fully saturated rings. The second-order valence-electron chi connectivity index (χ2n) is 7.61. The molecule has 34 heavy (non-hydrogen) atoms. The van der Waals surface area contributed by atoms with Gasteiger partial charge in [0.1, 0.15) is 34.9 Å². The number of carbonyl (C=O) groups is 1. The fourth-order valence-corrected chi connectivity index (χ4v) is 3.92. The number of aromatic hydroxyl groups is 3. The van der Waals surface area contributed by atoms with Gasteiger partial charge in [0.15, 0.2) is 5.58 Å². The van der Waals surface area contributed by atoms with Crippen LogP contribution in [0.1, 0.15) is 11.6 Å². The number of non-ortho nitro benzene ring substituents is 1. The number of nitrogens with one attached hydrogen (secondary N) is 2. The van der Waals surface area contributed by atoms with E-state index in [2.05, 4.69) is 10.6 Å². The number of amides is 1. The van der Waals surface area contributed by atoms with Crippen molar-refractivity contribution in [3.63, 3.8) is 0 Å². The molecule has 0 radical (unpaired) electrons. The van der Waals surface area contributed by atoms with Gasteiger partial charge in [-0.3, -0.25) is 19.7 Å². The summed E-state index contributed by atoms with van der Waals surface area (Å²) in [6.07, 6.45) is 1.14. The fourth-order valence-electron chi connectivity index (χ4n) is 3.92. The standard InChI is InChI=1S/C23H15N3O8/c27-12-4-1-10(2-5-12)13-9-34-22-18(16(28)8-17(29)19(22)21(13)30)20-23(31)25-15-7-11(26(32)33)3-6-14(15)24-20/h1-9,20,24,27-29H,(H,25,31). The number of benzene rings is 3. The average molecular weight is 461 g/mol. The maximum absolute atomic E-state index is 13.2. The van der Waals surface area contributed by atoms with E-state index in [4.69, 9.17) is 4.42 Å². The molecule has 11 heteroatoms. The third-order valence-corrected chi connectivity index (χ3v) is 5.54. The molecule has 1 atom stereocenters. The zero-order valence-electron chi connectivity index (χ0n) is 17.1. The predicted octanol–water partition coefficient (Wildman–Crippen LogP) is 3.59. The molecule has 0 aliphatic carbocycles. The van der Waals surface area contributed by atoms with Gasteiger partial charge >= 0.3 is 0 Å². The van der Waals surface area contributed by atoms with Gasteiger partial charge in [0.2, 0.25) is 5.43 Å². The number of nitrogens with zero attached hydrogens (tertiary/aromatic N) is 1. The summed E-state index contributed by atoms with van der Waals surface area (Å²) in [6, 6.07) is 9.32. The van der Waals surface area contributed by atoms with Crippen LogP contribution in [0.4, 0.5) is 17.1 Å². The maximum atomic E-state index is 13.2. The van der Waals surface area contributed by atoms with Gasteiger partial charge in [0.05, 0.1) is 27.4 Å². The van der Waals surface area contributed by atoms with Crippen LogP contribution in [0.5, 0.6) is 17.2 Å². The first kappa shape index (κ1) is 20.8. The Hall–Kier alpha value is -5.06. The van der Waals surface area contributed by atoms with E-state index in [1.807, 2.05) is 0 Å². The number of fused-ring (bicyclic) bond motifs is 2. The minimum absolute atomic E-state index is 0.00369. The topological polar surface area (TPSA) is 175 Å². The molecule has 2 heterocycles. The number of rotatable bonds is 3. The van der Waals surface area contributed by atoms with Crippen molar-refractivity contribution in [2.75, 3.05) is 10.6 Å². The highest BCUT2D eigenvalue weighted by atomic mass is 16.6. The van der Waals surface area contributed by atoms with E-state index in [1.165, 1.54) is 42.5 Å². The number of nitro groups is 1. The number of phenols is 3. The summed E-state index contributed by atoms with van der Waals surface area (Å²) < 4.78 is 5.65. The van der Waals surface area contributed by atoms with Gasteiger partial charge in [-0.05, 0) is 23.8 Å². The van der Waals surface area contributed by atoms with Crippen LogP contribution in [0.15, 0.2) is 64.0 Å². The Kier molecular flexibility index (Phi) is 4.60. The van der Waals surface area contributed by atoms with Crippen molar-refractivity contribution in [1.82, 2.24) is 0 Å². The molecule has 1 amide bonds. The van der Waals surface area contributed by atoms with Gasteiger partial charge in [-0.2, -0.15) is 0 Å². The smallest absolute Gasteiger partial charge is 0.271 e. The van der Waals surface area contributed by atoms with Crippen LogP contribution in [0.25, 0.3) is 22.1 Å². The Morgan fingerprint density at radius 2 is 1.68 bits per heavy atom. The second kappa shape index (κ2) is 7.52. The molecule has 3 aromatic carbocycles. The normalized spacial score (nSPS) is 14.8. The Balaban J connectivity index is 1.66. The molecule has 0 spiro atoms. The summed E-state index contributed by atoms with van der Waals surface area (Å²) in [5.74, 6) is -1.70. The Morgan fingerprint density at radius 1 is 0.941 bits per heavy atom. The molecule has 1 unspecified atom stereocenters. The number of hydrogen-bond acceptors (Lipinski definition) is 9. The van der Waals surface area contributed by atoms with Crippen LogP contribution in [0.3, 0.4) is 0 Å². The van der Waals surface area contributed by atoms with E-state index in [1.54, 1.807) is 0 Å². The summed E-state index contributed by atoms with van der Waals surface area (Å²) in [7, 11) is 0. The van der Waals surface area contributed by atoms with Crippen LogP contribution in [0.2, 0.25) is 0 Å². The van der Waals surface area contributed by atoms with E-state index < -0.39 is 33.8 Å². The van der Waals surface area contributed by atoms with Crippen LogP contribution in [-0.2, 0) is 4.79 Å². The SMILES string of the molecule is O=C1Nc2cc([N+](=O)[O-])ccc2NC1c1c(O)cc(O)c2c(=O)c(-c3ccc(O)cc3)coc12. The molecule has 5 rings (SSSR count). The highest BCUT2D eigenvalue weighted by Gasteiger charge is 2.34. The van der Waals surface area contributed by atoms with Gasteiger partial charge in [0.25, 0.3) is 11.6 Å². The first-order valence-corrected chi connectivity index (χ1v) is 9.90. The second-order valence-corrected chi connectivity index (χ2v) is 7.61. The van der Waals surface area contributed by atoms with Crippen LogP contribution in [-0.4, -0.2) is 26.2 Å². The number of nitro benzene ring substituents is 1. The lowest BCUT2D eigenvalue weighted by atomic mass is 9.97. The van der Waals surface area contributed by atoms with Gasteiger partial charge in [-0.1, -0.05) is 12.1 Å². The van der Waals surface area contributed by atoms with Crippen molar-refractivity contribution in [1.29, 1.82) is 0 Å². The first-order chi connectivity index (χ1) is 16.2. The lowest BCUT2D eigenvalue weighted by molar-refractivity contribution is -0.384. The third kappa shape index (κ3) is 3.23. The molecular weight excluding hydrogens is 446 g/mol. The Bertz CT molecular complexity index is 1560. The zero-order valence-corrected chi connectivity index (χ0v) is 17.1. The van der Waals surface area contributed by atoms with Crippen molar-refractivity contribution in [2.24, 2.45) is 0 Å². The van der Waals surface area contributed by atoms with Crippen molar-refractivity contribution in [2.45, 2.75) is 6.04 Å². The fraction of sp³-hybridized carbons (Fsp3) is 0.0435. The molecule has 0 saturated heterocycles. The summed E-state index contributed by atoms with van der Waals surface area (Å²) in [4.78, 5) is 36.5. The first-order valence-electron chi connectivity index (χ1n) is 9.90. The quantitative estimate of drug-likeness (QED) is 0.225. The number of carbonyl (C=O) groups excluding carboxylic acids is 1. The van der Waals surface area contributed by atoms with Crippen LogP contribution in [0, 0.1) is 10.1 Å². The van der Waals surface area contributed by atoms with E-state index in [9.17, 15) is 35.0 Å². The molecule has 1 aromatic heterocycles. The zero-order chi connectivity index (χ0) is 24.1. The average Bonchev–Trinajstić information content (AvgIpc) is 2.79. The Labute approximate surface area is 189 Å². The summed E-state index contributed by atoms with van der Waals surface area (Å²) in [6.45, 7) is 0. The van der Waals surface area contributed by atoms with E-state index in [-0.39, 0.29) is 39.2 Å². The van der Waals surface area contributed by atoms with E-state index in [0.717, 1.165) is 12.3 Å². The Morgan fingerprint density at radius 3 is 2.38 bits per heavy atom. The predicted molar refractivity (Wildman–Crippen MR) is 121 cm³/mol. The highest BCUT2D eigenvalue weighted by Crippen LogP contribution is 2.42. The van der Waals surface area contributed by atoms with Gasteiger partial charge in [-0.15, -0.1) is 0 Å². The van der Waals surface area contributed by atoms with Crippen LogP contribution >= 0.6 is 0 Å².